The first-order valence-electron chi connectivity index (χ1n) is 8.28. The first-order chi connectivity index (χ1) is 12.0. The lowest BCUT2D eigenvalue weighted by atomic mass is 10.2. The Morgan fingerprint density at radius 1 is 1.20 bits per heavy atom. The molecule has 0 aliphatic carbocycles. The van der Waals surface area contributed by atoms with Crippen molar-refractivity contribution in [1.82, 2.24) is 25.4 Å². The molecule has 0 radical (unpaired) electrons. The van der Waals surface area contributed by atoms with E-state index in [1.807, 2.05) is 38.1 Å². The van der Waals surface area contributed by atoms with Crippen LogP contribution in [-0.4, -0.2) is 32.7 Å². The van der Waals surface area contributed by atoms with Gasteiger partial charge in [-0.1, -0.05) is 12.1 Å². The van der Waals surface area contributed by atoms with Crippen LogP contribution in [0.3, 0.4) is 0 Å². The predicted octanol–water partition coefficient (Wildman–Crippen LogP) is 1.90. The molecule has 134 valence electrons. The second-order valence-electron chi connectivity index (χ2n) is 5.99. The largest absolute Gasteiger partial charge is 0.352 e. The van der Waals surface area contributed by atoms with Gasteiger partial charge in [-0.05, 0) is 38.0 Å². The lowest BCUT2D eigenvalue weighted by molar-refractivity contribution is -0.121. The summed E-state index contributed by atoms with van der Waals surface area (Å²) in [6, 6.07) is 7.22. The summed E-state index contributed by atoms with van der Waals surface area (Å²) in [6.45, 7) is 4.93. The van der Waals surface area contributed by atoms with Crippen molar-refractivity contribution in [3.63, 3.8) is 0 Å². The number of anilines is 1. The van der Waals surface area contributed by atoms with E-state index in [1.165, 1.54) is 6.33 Å². The minimum absolute atomic E-state index is 0.00127. The summed E-state index contributed by atoms with van der Waals surface area (Å²) in [5, 5.41) is 12.4. The zero-order valence-corrected chi connectivity index (χ0v) is 14.5. The third-order valence-electron chi connectivity index (χ3n) is 3.38. The molecule has 0 aliphatic rings. The van der Waals surface area contributed by atoms with Crippen LogP contribution in [0, 0.1) is 0 Å². The molecule has 8 heteroatoms. The van der Waals surface area contributed by atoms with Gasteiger partial charge >= 0.3 is 6.03 Å². The third-order valence-corrected chi connectivity index (χ3v) is 3.38. The molecular formula is C17H24N6O2. The molecule has 0 saturated carbocycles. The van der Waals surface area contributed by atoms with Gasteiger partial charge in [0.2, 0.25) is 5.91 Å². The van der Waals surface area contributed by atoms with Crippen molar-refractivity contribution in [2.75, 3.05) is 5.32 Å². The van der Waals surface area contributed by atoms with E-state index in [4.69, 9.17) is 0 Å². The van der Waals surface area contributed by atoms with Crippen LogP contribution in [0.1, 0.15) is 32.3 Å². The van der Waals surface area contributed by atoms with Gasteiger partial charge < -0.3 is 16.0 Å². The standard InChI is InChI=1S/C17H24N6O2/c1-13(2)21-17(25)22-15-7-5-14(6-8-15)10-19-16(24)4-3-9-23-12-18-11-20-23/h5-8,11-13H,3-4,9-10H2,1-2H3,(H,19,24)(H2,21,22,25). The average molecular weight is 344 g/mol. The number of aryl methyl sites for hydroxylation is 1. The van der Waals surface area contributed by atoms with E-state index >= 15 is 0 Å². The maximum atomic E-state index is 11.8. The Hall–Kier alpha value is -2.90. The van der Waals surface area contributed by atoms with Gasteiger partial charge in [-0.3, -0.25) is 9.48 Å². The van der Waals surface area contributed by atoms with Crippen molar-refractivity contribution in [3.05, 3.63) is 42.5 Å². The first-order valence-corrected chi connectivity index (χ1v) is 8.28. The van der Waals surface area contributed by atoms with Crippen LogP contribution in [0.4, 0.5) is 10.5 Å². The smallest absolute Gasteiger partial charge is 0.319 e. The minimum atomic E-state index is -0.233. The number of hydrogen-bond acceptors (Lipinski definition) is 4. The van der Waals surface area contributed by atoms with Crippen LogP contribution in [0.2, 0.25) is 0 Å². The lowest BCUT2D eigenvalue weighted by Gasteiger charge is -2.11. The molecule has 0 unspecified atom stereocenters. The summed E-state index contributed by atoms with van der Waals surface area (Å²) in [5.41, 5.74) is 1.68. The Bertz CT molecular complexity index is 667. The van der Waals surface area contributed by atoms with Crippen molar-refractivity contribution in [1.29, 1.82) is 0 Å². The van der Waals surface area contributed by atoms with Gasteiger partial charge in [-0.25, -0.2) is 9.78 Å². The number of nitrogens with one attached hydrogen (secondary N) is 3. The molecule has 1 heterocycles. The highest BCUT2D eigenvalue weighted by atomic mass is 16.2. The zero-order chi connectivity index (χ0) is 18.1. The Labute approximate surface area is 147 Å². The quantitative estimate of drug-likeness (QED) is 0.681. The molecule has 2 rings (SSSR count). The predicted molar refractivity (Wildman–Crippen MR) is 94.8 cm³/mol. The van der Waals surface area contributed by atoms with Gasteiger partial charge in [0.15, 0.2) is 0 Å². The SMILES string of the molecule is CC(C)NC(=O)Nc1ccc(CNC(=O)CCCn2cncn2)cc1. The van der Waals surface area contributed by atoms with Crippen molar-refractivity contribution < 1.29 is 9.59 Å². The van der Waals surface area contributed by atoms with Crippen LogP contribution in [0.5, 0.6) is 0 Å². The molecule has 0 saturated heterocycles. The van der Waals surface area contributed by atoms with E-state index in [2.05, 4.69) is 26.0 Å². The molecule has 0 spiro atoms. The molecule has 1 aromatic carbocycles. The first kappa shape index (κ1) is 18.4. The fraction of sp³-hybridized carbons (Fsp3) is 0.412. The number of amides is 3. The normalized spacial score (nSPS) is 10.5. The van der Waals surface area contributed by atoms with E-state index in [1.54, 1.807) is 11.0 Å². The van der Waals surface area contributed by atoms with Gasteiger partial charge in [0.1, 0.15) is 12.7 Å². The Kier molecular flexibility index (Phi) is 6.94. The number of carbonyl (C=O) groups excluding carboxylic acids is 2. The van der Waals surface area contributed by atoms with Crippen LogP contribution < -0.4 is 16.0 Å². The van der Waals surface area contributed by atoms with Crippen LogP contribution in [0.15, 0.2) is 36.9 Å². The summed E-state index contributed by atoms with van der Waals surface area (Å²) in [7, 11) is 0. The zero-order valence-electron chi connectivity index (χ0n) is 14.5. The molecule has 0 bridgehead atoms. The molecule has 25 heavy (non-hydrogen) atoms. The van der Waals surface area contributed by atoms with E-state index in [0.29, 0.717) is 31.6 Å². The Balaban J connectivity index is 1.68. The summed E-state index contributed by atoms with van der Waals surface area (Å²) in [6.07, 6.45) is 4.26. The highest BCUT2D eigenvalue weighted by Crippen LogP contribution is 2.09. The van der Waals surface area contributed by atoms with Gasteiger partial charge in [-0.2, -0.15) is 5.10 Å². The monoisotopic (exact) mass is 344 g/mol. The third kappa shape index (κ3) is 7.03. The average Bonchev–Trinajstić information content (AvgIpc) is 3.07. The number of urea groups is 1. The molecule has 1 aromatic heterocycles. The Morgan fingerprint density at radius 3 is 2.60 bits per heavy atom. The molecule has 0 atom stereocenters. The molecule has 3 N–H and O–H groups in total. The highest BCUT2D eigenvalue weighted by molar-refractivity contribution is 5.89. The number of aromatic nitrogens is 3. The number of hydrogen-bond donors (Lipinski definition) is 3. The number of nitrogens with zero attached hydrogens (tertiary/aromatic N) is 3. The van der Waals surface area contributed by atoms with Crippen LogP contribution >= 0.6 is 0 Å². The van der Waals surface area contributed by atoms with Crippen molar-refractivity contribution in [2.24, 2.45) is 0 Å². The Morgan fingerprint density at radius 2 is 1.96 bits per heavy atom. The van der Waals surface area contributed by atoms with Crippen molar-refractivity contribution >= 4 is 17.6 Å². The van der Waals surface area contributed by atoms with Gasteiger partial charge in [-0.15, -0.1) is 0 Å². The van der Waals surface area contributed by atoms with Crippen molar-refractivity contribution in [2.45, 2.75) is 45.8 Å². The lowest BCUT2D eigenvalue weighted by Crippen LogP contribution is -2.34. The van der Waals surface area contributed by atoms with Crippen LogP contribution in [0.25, 0.3) is 0 Å². The second kappa shape index (κ2) is 9.41. The van der Waals surface area contributed by atoms with E-state index in [9.17, 15) is 9.59 Å². The van der Waals surface area contributed by atoms with Crippen molar-refractivity contribution in [3.8, 4) is 0 Å². The summed E-state index contributed by atoms with van der Waals surface area (Å²) in [5.74, 6) is -0.00127. The van der Waals surface area contributed by atoms with E-state index in [-0.39, 0.29) is 18.0 Å². The second-order valence-corrected chi connectivity index (χ2v) is 5.99. The van der Waals surface area contributed by atoms with Gasteiger partial charge in [0.05, 0.1) is 0 Å². The number of benzene rings is 1. The fourth-order valence-corrected chi connectivity index (χ4v) is 2.17. The van der Waals surface area contributed by atoms with Gasteiger partial charge in [0.25, 0.3) is 0 Å². The molecule has 8 nitrogen and oxygen atoms in total. The molecule has 2 aromatic rings. The van der Waals surface area contributed by atoms with Gasteiger partial charge in [0, 0.05) is 31.2 Å². The van der Waals surface area contributed by atoms with E-state index in [0.717, 1.165) is 5.56 Å². The number of rotatable bonds is 8. The fourth-order valence-electron chi connectivity index (χ4n) is 2.17. The van der Waals surface area contributed by atoms with E-state index < -0.39 is 0 Å². The van der Waals surface area contributed by atoms with Crippen LogP contribution in [-0.2, 0) is 17.9 Å². The maximum Gasteiger partial charge on any atom is 0.319 e. The molecular weight excluding hydrogens is 320 g/mol. The number of carbonyl (C=O) groups is 2. The summed E-state index contributed by atoms with van der Waals surface area (Å²) < 4.78 is 1.70. The molecule has 0 fully saturated rings. The molecule has 0 aliphatic heterocycles. The topological polar surface area (TPSA) is 101 Å². The maximum absolute atomic E-state index is 11.8. The highest BCUT2D eigenvalue weighted by Gasteiger charge is 2.04. The summed E-state index contributed by atoms with van der Waals surface area (Å²) >= 11 is 0. The molecule has 3 amide bonds. The summed E-state index contributed by atoms with van der Waals surface area (Å²) in [4.78, 5) is 27.3. The minimum Gasteiger partial charge on any atom is -0.352 e.